The highest BCUT2D eigenvalue weighted by atomic mass is 32.1. The highest BCUT2D eigenvalue weighted by Gasteiger charge is 2.08. The number of nitrogens with one attached hydrogen (secondary N) is 1. The fourth-order valence-electron chi connectivity index (χ4n) is 1.26. The standard InChI is InChI=1S/C11H21N3S/c1-11(2,3)13-5-7-14(4)9-10-12-6-8-15-10/h6,8,13H,5,7,9H2,1-4H3. The van der Waals surface area contributed by atoms with E-state index < -0.39 is 0 Å². The minimum atomic E-state index is 0.210. The second-order valence-electron chi connectivity index (χ2n) is 4.84. The third-order valence-corrected chi connectivity index (χ3v) is 2.80. The van der Waals surface area contributed by atoms with E-state index in [1.165, 1.54) is 5.01 Å². The number of likely N-dealkylation sites (N-methyl/N-ethyl adjacent to an activating group) is 1. The van der Waals surface area contributed by atoms with Gasteiger partial charge in [-0.05, 0) is 27.8 Å². The predicted octanol–water partition coefficient (Wildman–Crippen LogP) is 1.96. The zero-order valence-corrected chi connectivity index (χ0v) is 10.9. The molecule has 86 valence electrons. The van der Waals surface area contributed by atoms with Gasteiger partial charge in [0, 0.05) is 30.2 Å². The van der Waals surface area contributed by atoms with E-state index in [2.05, 4.69) is 43.0 Å². The maximum Gasteiger partial charge on any atom is 0.107 e. The summed E-state index contributed by atoms with van der Waals surface area (Å²) >= 11 is 1.72. The van der Waals surface area contributed by atoms with Crippen LogP contribution in [0.15, 0.2) is 11.6 Å². The number of thiazole rings is 1. The molecule has 3 nitrogen and oxygen atoms in total. The minimum absolute atomic E-state index is 0.210. The van der Waals surface area contributed by atoms with Crippen LogP contribution in [0, 0.1) is 0 Å². The lowest BCUT2D eigenvalue weighted by atomic mass is 10.1. The number of aromatic nitrogens is 1. The van der Waals surface area contributed by atoms with Gasteiger partial charge in [-0.2, -0.15) is 0 Å². The van der Waals surface area contributed by atoms with Gasteiger partial charge in [0.15, 0.2) is 0 Å². The van der Waals surface area contributed by atoms with E-state index >= 15 is 0 Å². The van der Waals surface area contributed by atoms with E-state index in [0.717, 1.165) is 19.6 Å². The Kier molecular flexibility index (Phi) is 4.70. The van der Waals surface area contributed by atoms with Gasteiger partial charge in [0.05, 0.1) is 6.54 Å². The van der Waals surface area contributed by atoms with E-state index in [1.807, 2.05) is 11.6 Å². The van der Waals surface area contributed by atoms with Crippen LogP contribution in [0.5, 0.6) is 0 Å². The smallest absolute Gasteiger partial charge is 0.107 e. The molecule has 0 saturated carbocycles. The lowest BCUT2D eigenvalue weighted by molar-refractivity contribution is 0.303. The average molecular weight is 227 g/mol. The van der Waals surface area contributed by atoms with Gasteiger partial charge in [-0.3, -0.25) is 4.90 Å². The van der Waals surface area contributed by atoms with Gasteiger partial charge in [0.1, 0.15) is 5.01 Å². The Balaban J connectivity index is 2.17. The van der Waals surface area contributed by atoms with Gasteiger partial charge in [-0.25, -0.2) is 4.98 Å². The highest BCUT2D eigenvalue weighted by molar-refractivity contribution is 7.09. The largest absolute Gasteiger partial charge is 0.311 e. The molecule has 0 bridgehead atoms. The third kappa shape index (κ3) is 5.87. The van der Waals surface area contributed by atoms with Crippen LogP contribution in [0.1, 0.15) is 25.8 Å². The molecule has 0 aliphatic rings. The summed E-state index contributed by atoms with van der Waals surface area (Å²) in [7, 11) is 2.13. The molecule has 1 aromatic rings. The van der Waals surface area contributed by atoms with Gasteiger partial charge in [-0.1, -0.05) is 0 Å². The molecule has 0 fully saturated rings. The molecule has 0 atom stereocenters. The molecule has 1 N–H and O–H groups in total. The predicted molar refractivity (Wildman–Crippen MR) is 66.2 cm³/mol. The molecule has 15 heavy (non-hydrogen) atoms. The number of nitrogens with zero attached hydrogens (tertiary/aromatic N) is 2. The highest BCUT2D eigenvalue weighted by Crippen LogP contribution is 2.06. The average Bonchev–Trinajstić information content (AvgIpc) is 2.54. The normalized spacial score (nSPS) is 12.3. The van der Waals surface area contributed by atoms with Crippen LogP contribution in [0.25, 0.3) is 0 Å². The molecule has 4 heteroatoms. The Bertz CT molecular complexity index is 264. The molecule has 0 amide bonds. The first-order valence-electron chi connectivity index (χ1n) is 5.29. The molecule has 0 aliphatic carbocycles. The van der Waals surface area contributed by atoms with Crippen LogP contribution in [0.2, 0.25) is 0 Å². The summed E-state index contributed by atoms with van der Waals surface area (Å²) in [4.78, 5) is 6.56. The van der Waals surface area contributed by atoms with Gasteiger partial charge in [-0.15, -0.1) is 11.3 Å². The molecule has 1 heterocycles. The van der Waals surface area contributed by atoms with Crippen molar-refractivity contribution < 1.29 is 0 Å². The van der Waals surface area contributed by atoms with Crippen molar-refractivity contribution in [2.24, 2.45) is 0 Å². The number of rotatable bonds is 5. The quantitative estimate of drug-likeness (QED) is 0.833. The van der Waals surface area contributed by atoms with Gasteiger partial charge < -0.3 is 5.32 Å². The summed E-state index contributed by atoms with van der Waals surface area (Å²) in [6, 6.07) is 0. The van der Waals surface area contributed by atoms with E-state index in [1.54, 1.807) is 11.3 Å². The zero-order valence-electron chi connectivity index (χ0n) is 10.1. The first-order valence-corrected chi connectivity index (χ1v) is 6.17. The van der Waals surface area contributed by atoms with Crippen LogP contribution in [0.3, 0.4) is 0 Å². The van der Waals surface area contributed by atoms with Crippen molar-refractivity contribution >= 4 is 11.3 Å². The molecule has 0 spiro atoms. The molecular formula is C11H21N3S. The van der Waals surface area contributed by atoms with E-state index in [0.29, 0.717) is 0 Å². The van der Waals surface area contributed by atoms with Crippen molar-refractivity contribution in [3.63, 3.8) is 0 Å². The molecule has 0 aromatic carbocycles. The lowest BCUT2D eigenvalue weighted by Crippen LogP contribution is -2.40. The summed E-state index contributed by atoms with van der Waals surface area (Å²) in [6.45, 7) is 9.58. The van der Waals surface area contributed by atoms with Crippen molar-refractivity contribution in [2.45, 2.75) is 32.9 Å². The topological polar surface area (TPSA) is 28.2 Å². The number of hydrogen-bond donors (Lipinski definition) is 1. The molecule has 0 unspecified atom stereocenters. The summed E-state index contributed by atoms with van der Waals surface area (Å²) in [5, 5.41) is 6.69. The Morgan fingerprint density at radius 1 is 1.47 bits per heavy atom. The molecule has 1 aromatic heterocycles. The van der Waals surface area contributed by atoms with E-state index in [-0.39, 0.29) is 5.54 Å². The first-order chi connectivity index (χ1) is 6.97. The number of hydrogen-bond acceptors (Lipinski definition) is 4. The van der Waals surface area contributed by atoms with Gasteiger partial charge in [0.2, 0.25) is 0 Å². The van der Waals surface area contributed by atoms with Crippen LogP contribution < -0.4 is 5.32 Å². The van der Waals surface area contributed by atoms with Crippen molar-refractivity contribution in [3.8, 4) is 0 Å². The summed E-state index contributed by atoms with van der Waals surface area (Å²) in [5.41, 5.74) is 0.210. The maximum atomic E-state index is 4.27. The fraction of sp³-hybridized carbons (Fsp3) is 0.727. The molecule has 0 radical (unpaired) electrons. The molecule has 0 saturated heterocycles. The van der Waals surface area contributed by atoms with E-state index in [9.17, 15) is 0 Å². The molecule has 0 aliphatic heterocycles. The summed E-state index contributed by atoms with van der Waals surface area (Å²) in [5.74, 6) is 0. The van der Waals surface area contributed by atoms with Crippen LogP contribution >= 0.6 is 11.3 Å². The van der Waals surface area contributed by atoms with Crippen molar-refractivity contribution in [3.05, 3.63) is 16.6 Å². The van der Waals surface area contributed by atoms with Crippen molar-refractivity contribution in [1.29, 1.82) is 0 Å². The maximum absolute atomic E-state index is 4.27. The minimum Gasteiger partial charge on any atom is -0.311 e. The van der Waals surface area contributed by atoms with Crippen LogP contribution in [-0.4, -0.2) is 35.6 Å². The Morgan fingerprint density at radius 2 is 2.20 bits per heavy atom. The first kappa shape index (κ1) is 12.6. The lowest BCUT2D eigenvalue weighted by Gasteiger charge is -2.23. The molecular weight excluding hydrogens is 206 g/mol. The van der Waals surface area contributed by atoms with Crippen molar-refractivity contribution in [1.82, 2.24) is 15.2 Å². The third-order valence-electron chi connectivity index (χ3n) is 2.04. The second kappa shape index (κ2) is 5.58. The van der Waals surface area contributed by atoms with E-state index in [4.69, 9.17) is 0 Å². The summed E-state index contributed by atoms with van der Waals surface area (Å²) in [6.07, 6.45) is 1.86. The monoisotopic (exact) mass is 227 g/mol. The zero-order chi connectivity index (χ0) is 11.3. The Morgan fingerprint density at radius 3 is 2.73 bits per heavy atom. The van der Waals surface area contributed by atoms with Crippen molar-refractivity contribution in [2.75, 3.05) is 20.1 Å². The van der Waals surface area contributed by atoms with Crippen LogP contribution in [0.4, 0.5) is 0 Å². The SMILES string of the molecule is CN(CCNC(C)(C)C)Cc1nccs1. The molecule has 1 rings (SSSR count). The van der Waals surface area contributed by atoms with Crippen LogP contribution in [-0.2, 0) is 6.54 Å². The van der Waals surface area contributed by atoms with Gasteiger partial charge in [0.25, 0.3) is 0 Å². The summed E-state index contributed by atoms with van der Waals surface area (Å²) < 4.78 is 0. The second-order valence-corrected chi connectivity index (χ2v) is 5.82. The fourth-order valence-corrected chi connectivity index (χ4v) is 1.96. The Labute approximate surface area is 96.5 Å². The Hall–Kier alpha value is -0.450. The van der Waals surface area contributed by atoms with Gasteiger partial charge >= 0.3 is 0 Å².